The Kier molecular flexibility index (Phi) is 4.03. The third-order valence-electron chi connectivity index (χ3n) is 4.05. The zero-order chi connectivity index (χ0) is 18.2. The van der Waals surface area contributed by atoms with Gasteiger partial charge in [-0.25, -0.2) is 9.18 Å². The molecular formula is C17H15FN2O5. The molecule has 1 saturated heterocycles. The molecule has 130 valence electrons. The van der Waals surface area contributed by atoms with Crippen LogP contribution < -0.4 is 10.1 Å². The molecule has 3 rings (SSSR count). The number of amides is 3. The van der Waals surface area contributed by atoms with E-state index in [0.29, 0.717) is 0 Å². The van der Waals surface area contributed by atoms with Gasteiger partial charge in [0.25, 0.3) is 5.91 Å². The van der Waals surface area contributed by atoms with E-state index in [1.165, 1.54) is 26.4 Å². The van der Waals surface area contributed by atoms with Crippen molar-refractivity contribution in [2.75, 3.05) is 13.7 Å². The lowest BCUT2D eigenvalue weighted by Crippen LogP contribution is -2.41. The van der Waals surface area contributed by atoms with Crippen molar-refractivity contribution < 1.29 is 27.9 Å². The largest absolute Gasteiger partial charge is 0.496 e. The minimum absolute atomic E-state index is 0.0466. The van der Waals surface area contributed by atoms with Crippen LogP contribution in [0.5, 0.6) is 5.75 Å². The number of hydrogen-bond acceptors (Lipinski definition) is 5. The fourth-order valence-corrected chi connectivity index (χ4v) is 2.70. The molecule has 1 N–H and O–H groups in total. The summed E-state index contributed by atoms with van der Waals surface area (Å²) >= 11 is 0. The van der Waals surface area contributed by atoms with Crippen molar-refractivity contribution in [1.29, 1.82) is 0 Å². The number of Topliss-reactive ketones (excluding diaryl/α,β-unsaturated/α-hetero) is 1. The van der Waals surface area contributed by atoms with Gasteiger partial charge in [-0.3, -0.25) is 14.5 Å². The summed E-state index contributed by atoms with van der Waals surface area (Å²) in [6.45, 7) is 0.945. The van der Waals surface area contributed by atoms with Gasteiger partial charge in [0.15, 0.2) is 11.3 Å². The zero-order valence-electron chi connectivity index (χ0n) is 13.5. The molecule has 2 aromatic rings. The maximum Gasteiger partial charge on any atom is 0.325 e. The predicted molar refractivity (Wildman–Crippen MR) is 83.6 cm³/mol. The summed E-state index contributed by atoms with van der Waals surface area (Å²) in [5.41, 5.74) is -1.44. The first-order valence-corrected chi connectivity index (χ1v) is 7.41. The van der Waals surface area contributed by atoms with E-state index in [4.69, 9.17) is 9.15 Å². The van der Waals surface area contributed by atoms with E-state index in [2.05, 4.69) is 5.32 Å². The van der Waals surface area contributed by atoms with Crippen LogP contribution in [0.3, 0.4) is 0 Å². The van der Waals surface area contributed by atoms with Crippen LogP contribution in [-0.2, 0) is 10.3 Å². The molecule has 1 fully saturated rings. The monoisotopic (exact) mass is 346 g/mol. The topological polar surface area (TPSA) is 88.8 Å². The smallest absolute Gasteiger partial charge is 0.325 e. The molecular weight excluding hydrogens is 331 g/mol. The summed E-state index contributed by atoms with van der Waals surface area (Å²) in [5, 5.41) is 2.52. The Morgan fingerprint density at radius 3 is 2.76 bits per heavy atom. The van der Waals surface area contributed by atoms with E-state index >= 15 is 0 Å². The van der Waals surface area contributed by atoms with E-state index in [0.717, 1.165) is 17.0 Å². The Morgan fingerprint density at radius 2 is 2.12 bits per heavy atom. The van der Waals surface area contributed by atoms with Crippen molar-refractivity contribution in [3.63, 3.8) is 0 Å². The first-order chi connectivity index (χ1) is 11.9. The first kappa shape index (κ1) is 16.7. The lowest BCUT2D eigenvalue weighted by Gasteiger charge is -2.19. The van der Waals surface area contributed by atoms with Crippen LogP contribution in [0.4, 0.5) is 9.18 Å². The first-order valence-electron chi connectivity index (χ1n) is 7.41. The van der Waals surface area contributed by atoms with Crippen LogP contribution in [0, 0.1) is 5.82 Å². The van der Waals surface area contributed by atoms with Gasteiger partial charge in [0.2, 0.25) is 0 Å². The van der Waals surface area contributed by atoms with Crippen LogP contribution in [0.2, 0.25) is 0 Å². The third kappa shape index (κ3) is 2.75. The van der Waals surface area contributed by atoms with Crippen molar-refractivity contribution in [2.45, 2.75) is 12.5 Å². The molecule has 1 aromatic carbocycles. The maximum atomic E-state index is 13.4. The number of carbonyl (C=O) groups excluding carboxylic acids is 3. The number of ketones is 1. The molecule has 2 heterocycles. The van der Waals surface area contributed by atoms with Gasteiger partial charge in [-0.2, -0.15) is 0 Å². The molecule has 25 heavy (non-hydrogen) atoms. The van der Waals surface area contributed by atoms with Crippen LogP contribution >= 0.6 is 0 Å². The van der Waals surface area contributed by atoms with Gasteiger partial charge in [-0.15, -0.1) is 0 Å². The summed E-state index contributed by atoms with van der Waals surface area (Å²) in [6.07, 6.45) is 1.38. The molecule has 8 heteroatoms. The summed E-state index contributed by atoms with van der Waals surface area (Å²) in [5.74, 6) is -1.46. The van der Waals surface area contributed by atoms with Crippen LogP contribution in [-0.4, -0.2) is 36.3 Å². The average Bonchev–Trinajstić information content (AvgIpc) is 3.19. The number of nitrogens with zero attached hydrogens (tertiary/aromatic N) is 1. The van der Waals surface area contributed by atoms with Gasteiger partial charge >= 0.3 is 6.03 Å². The lowest BCUT2D eigenvalue weighted by molar-refractivity contribution is -0.131. The molecule has 0 aliphatic carbocycles. The summed E-state index contributed by atoms with van der Waals surface area (Å²) in [4.78, 5) is 38.1. The van der Waals surface area contributed by atoms with Crippen molar-refractivity contribution in [3.05, 3.63) is 53.7 Å². The van der Waals surface area contributed by atoms with Gasteiger partial charge < -0.3 is 14.5 Å². The fourth-order valence-electron chi connectivity index (χ4n) is 2.70. The number of halogens is 1. The second kappa shape index (κ2) is 6.04. The Labute approximate surface area is 142 Å². The van der Waals surface area contributed by atoms with E-state index in [-0.39, 0.29) is 17.1 Å². The standard InChI is InChI=1S/C17H15FN2O5/c1-17(14-4-3-7-25-14)15(22)20(16(23)19-17)9-12(21)11-8-10(18)5-6-13(11)24-2/h3-8H,9H2,1-2H3,(H,19,23). The Hall–Kier alpha value is -3.16. The van der Waals surface area contributed by atoms with Crippen LogP contribution in [0.15, 0.2) is 41.0 Å². The van der Waals surface area contributed by atoms with Crippen LogP contribution in [0.1, 0.15) is 23.0 Å². The number of ether oxygens (including phenoxy) is 1. The molecule has 0 spiro atoms. The molecule has 0 bridgehead atoms. The van der Waals surface area contributed by atoms with Crippen molar-refractivity contribution in [2.24, 2.45) is 0 Å². The highest BCUT2D eigenvalue weighted by molar-refractivity contribution is 6.11. The van der Waals surface area contributed by atoms with Gasteiger partial charge in [0.05, 0.1) is 25.5 Å². The number of benzene rings is 1. The molecule has 1 atom stereocenters. The number of nitrogens with one attached hydrogen (secondary N) is 1. The second-order valence-electron chi connectivity index (χ2n) is 5.69. The number of rotatable bonds is 5. The van der Waals surface area contributed by atoms with Crippen molar-refractivity contribution in [3.8, 4) is 5.75 Å². The minimum Gasteiger partial charge on any atom is -0.496 e. The quantitative estimate of drug-likeness (QED) is 0.661. The highest BCUT2D eigenvalue weighted by atomic mass is 19.1. The number of methoxy groups -OCH3 is 1. The summed E-state index contributed by atoms with van der Waals surface area (Å²) in [7, 11) is 1.34. The molecule has 0 saturated carbocycles. The Bertz CT molecular complexity index is 849. The van der Waals surface area contributed by atoms with Crippen LogP contribution in [0.25, 0.3) is 0 Å². The molecule has 7 nitrogen and oxygen atoms in total. The predicted octanol–water partition coefficient (Wildman–Crippen LogP) is 2.08. The SMILES string of the molecule is COc1ccc(F)cc1C(=O)CN1C(=O)NC(C)(c2ccco2)C1=O. The Balaban J connectivity index is 1.86. The number of carbonyl (C=O) groups is 3. The summed E-state index contributed by atoms with van der Waals surface area (Å²) < 4.78 is 23.7. The Morgan fingerprint density at radius 1 is 1.36 bits per heavy atom. The minimum atomic E-state index is -1.40. The maximum absolute atomic E-state index is 13.4. The van der Waals surface area contributed by atoms with E-state index in [1.54, 1.807) is 12.1 Å². The normalized spacial score (nSPS) is 19.9. The number of imide groups is 1. The van der Waals surface area contributed by atoms with Gasteiger partial charge in [0, 0.05) is 0 Å². The number of furan rings is 1. The van der Waals surface area contributed by atoms with Crippen molar-refractivity contribution in [1.82, 2.24) is 10.2 Å². The highest BCUT2D eigenvalue weighted by Gasteiger charge is 2.51. The summed E-state index contributed by atoms with van der Waals surface area (Å²) in [6, 6.07) is 5.88. The van der Waals surface area contributed by atoms with Crippen molar-refractivity contribution >= 4 is 17.7 Å². The number of urea groups is 1. The average molecular weight is 346 g/mol. The number of hydrogen-bond donors (Lipinski definition) is 1. The second-order valence-corrected chi connectivity index (χ2v) is 5.69. The molecule has 1 unspecified atom stereocenters. The van der Waals surface area contributed by atoms with E-state index < -0.39 is 35.6 Å². The molecule has 1 aliphatic rings. The van der Waals surface area contributed by atoms with Gasteiger partial charge in [-0.05, 0) is 37.3 Å². The molecule has 1 aliphatic heterocycles. The zero-order valence-corrected chi connectivity index (χ0v) is 13.5. The third-order valence-corrected chi connectivity index (χ3v) is 4.05. The van der Waals surface area contributed by atoms with E-state index in [1.807, 2.05) is 0 Å². The van der Waals surface area contributed by atoms with Gasteiger partial charge in [-0.1, -0.05) is 0 Å². The fraction of sp³-hybridized carbons (Fsp3) is 0.235. The van der Waals surface area contributed by atoms with Gasteiger partial charge in [0.1, 0.15) is 17.3 Å². The molecule has 1 aromatic heterocycles. The van der Waals surface area contributed by atoms with E-state index in [9.17, 15) is 18.8 Å². The molecule has 3 amide bonds. The molecule has 0 radical (unpaired) electrons. The lowest BCUT2D eigenvalue weighted by atomic mass is 9.99. The highest BCUT2D eigenvalue weighted by Crippen LogP contribution is 2.29.